The minimum absolute atomic E-state index is 0.107. The van der Waals surface area contributed by atoms with Crippen LogP contribution in [0.1, 0.15) is 67.9 Å². The van der Waals surface area contributed by atoms with Gasteiger partial charge in [0.2, 0.25) is 0 Å². The van der Waals surface area contributed by atoms with Crippen LogP contribution in [0.25, 0.3) is 0 Å². The molecule has 0 saturated heterocycles. The number of hydrogen-bond donors (Lipinski definition) is 3. The number of rotatable bonds is 6. The molecule has 3 N–H and O–H groups in total. The Bertz CT molecular complexity index is 1320. The zero-order valence-electron chi connectivity index (χ0n) is 19.4. The fourth-order valence-corrected chi connectivity index (χ4v) is 4.00. The molecule has 1 aromatic heterocycles. The summed E-state index contributed by atoms with van der Waals surface area (Å²) in [6, 6.07) is 12.8. The topological polar surface area (TPSA) is 130 Å². The lowest BCUT2D eigenvalue weighted by Crippen LogP contribution is -2.22. The van der Waals surface area contributed by atoms with E-state index in [4.69, 9.17) is 9.15 Å². The highest BCUT2D eigenvalue weighted by atomic mass is 16.5. The standard InChI is InChI=1S/C26H25N3O6/c1-3-34-26(33)16-9-4-6-11-18(16)27-25(32)23-15(2)22-19(12-8-14-21(22)35-23)28-29-24(31)17-10-5-7-13-20(17)30/h4-7,9-11,13,30H,3,8,12,14H2,1-2H3,(H,27,32)(H,29,31)/b28-19+. The number of benzene rings is 2. The Morgan fingerprint density at radius 2 is 1.74 bits per heavy atom. The lowest BCUT2D eigenvalue weighted by atomic mass is 9.93. The van der Waals surface area contributed by atoms with Crippen LogP contribution >= 0.6 is 0 Å². The molecule has 9 nitrogen and oxygen atoms in total. The summed E-state index contributed by atoms with van der Waals surface area (Å²) in [4.78, 5) is 37.8. The monoisotopic (exact) mass is 475 g/mol. The number of phenolic OH excluding ortho intramolecular Hbond substituents is 1. The van der Waals surface area contributed by atoms with Crippen molar-refractivity contribution < 1.29 is 28.6 Å². The van der Waals surface area contributed by atoms with Crippen LogP contribution < -0.4 is 10.7 Å². The normalized spacial score (nSPS) is 13.7. The minimum Gasteiger partial charge on any atom is -0.507 e. The number of furan rings is 1. The van der Waals surface area contributed by atoms with Crippen molar-refractivity contribution in [3.05, 3.63) is 82.3 Å². The Balaban J connectivity index is 1.58. The smallest absolute Gasteiger partial charge is 0.340 e. The molecule has 3 aromatic rings. The van der Waals surface area contributed by atoms with Gasteiger partial charge in [-0.05, 0) is 51.0 Å². The van der Waals surface area contributed by atoms with Crippen LogP contribution in [0.2, 0.25) is 0 Å². The van der Waals surface area contributed by atoms with Crippen molar-refractivity contribution in [2.75, 3.05) is 11.9 Å². The molecular weight excluding hydrogens is 450 g/mol. The highest BCUT2D eigenvalue weighted by Crippen LogP contribution is 2.31. The number of ether oxygens (including phenoxy) is 1. The predicted molar refractivity (Wildman–Crippen MR) is 129 cm³/mol. The third-order valence-electron chi connectivity index (χ3n) is 5.64. The van der Waals surface area contributed by atoms with Crippen LogP contribution in [-0.2, 0) is 11.2 Å². The van der Waals surface area contributed by atoms with E-state index in [0.717, 1.165) is 6.42 Å². The first-order chi connectivity index (χ1) is 16.9. The molecule has 0 spiro atoms. The van der Waals surface area contributed by atoms with Crippen LogP contribution in [-0.4, -0.2) is 35.2 Å². The second kappa shape index (κ2) is 10.3. The largest absolute Gasteiger partial charge is 0.507 e. The van der Waals surface area contributed by atoms with Crippen LogP contribution in [0.4, 0.5) is 5.69 Å². The van der Waals surface area contributed by atoms with Crippen LogP contribution in [0, 0.1) is 6.92 Å². The molecule has 0 saturated carbocycles. The number of phenols is 1. The predicted octanol–water partition coefficient (Wildman–Crippen LogP) is 4.19. The molecule has 0 bridgehead atoms. The van der Waals surface area contributed by atoms with Crippen LogP contribution in [0.15, 0.2) is 58.0 Å². The average Bonchev–Trinajstić information content (AvgIpc) is 3.20. The van der Waals surface area contributed by atoms with Gasteiger partial charge in [0.1, 0.15) is 11.5 Å². The number of nitrogens with one attached hydrogen (secondary N) is 2. The zero-order valence-corrected chi connectivity index (χ0v) is 19.4. The van der Waals surface area contributed by atoms with Crippen molar-refractivity contribution in [2.45, 2.75) is 33.1 Å². The highest BCUT2D eigenvalue weighted by molar-refractivity contribution is 6.11. The van der Waals surface area contributed by atoms with Crippen LogP contribution in [0.3, 0.4) is 0 Å². The van der Waals surface area contributed by atoms with E-state index in [1.165, 1.54) is 12.1 Å². The molecule has 1 aliphatic carbocycles. The third-order valence-corrected chi connectivity index (χ3v) is 5.64. The Morgan fingerprint density at radius 3 is 2.49 bits per heavy atom. The molecule has 35 heavy (non-hydrogen) atoms. The van der Waals surface area contributed by atoms with Gasteiger partial charge >= 0.3 is 5.97 Å². The van der Waals surface area contributed by atoms with Crippen LogP contribution in [0.5, 0.6) is 5.75 Å². The molecule has 0 fully saturated rings. The quantitative estimate of drug-likeness (QED) is 0.362. The van der Waals surface area contributed by atoms with E-state index in [-0.39, 0.29) is 29.2 Å². The van der Waals surface area contributed by atoms with Crippen molar-refractivity contribution in [2.24, 2.45) is 5.10 Å². The summed E-state index contributed by atoms with van der Waals surface area (Å²) in [5, 5.41) is 16.9. The molecule has 0 aliphatic heterocycles. The number of hydrazone groups is 1. The number of anilines is 1. The number of esters is 1. The summed E-state index contributed by atoms with van der Waals surface area (Å²) >= 11 is 0. The first kappa shape index (κ1) is 23.7. The molecule has 2 amide bonds. The summed E-state index contributed by atoms with van der Waals surface area (Å²) in [6.07, 6.45) is 1.94. The second-order valence-electron chi connectivity index (χ2n) is 7.94. The van der Waals surface area contributed by atoms with Crippen molar-refractivity contribution >= 4 is 29.2 Å². The molecule has 2 aromatic carbocycles. The number of hydrogen-bond acceptors (Lipinski definition) is 7. The molecule has 180 valence electrons. The zero-order chi connectivity index (χ0) is 24.9. The Morgan fingerprint density at radius 1 is 1.03 bits per heavy atom. The van der Waals surface area contributed by atoms with Gasteiger partial charge in [-0.1, -0.05) is 24.3 Å². The number of nitrogens with zero attached hydrogens (tertiary/aromatic N) is 1. The van der Waals surface area contributed by atoms with Gasteiger partial charge in [-0.2, -0.15) is 5.10 Å². The van der Waals surface area contributed by atoms with Crippen molar-refractivity contribution in [1.29, 1.82) is 0 Å². The molecule has 9 heteroatoms. The molecule has 1 heterocycles. The Labute approximate surface area is 201 Å². The van der Waals surface area contributed by atoms with Gasteiger partial charge < -0.3 is 19.6 Å². The Kier molecular flexibility index (Phi) is 6.96. The maximum absolute atomic E-state index is 13.1. The third kappa shape index (κ3) is 4.93. The average molecular weight is 476 g/mol. The molecular formula is C26H25N3O6. The minimum atomic E-state index is -0.544. The molecule has 0 radical (unpaired) electrons. The summed E-state index contributed by atoms with van der Waals surface area (Å²) < 4.78 is 11.0. The maximum atomic E-state index is 13.1. The summed E-state index contributed by atoms with van der Waals surface area (Å²) in [7, 11) is 0. The number of aryl methyl sites for hydroxylation is 1. The highest BCUT2D eigenvalue weighted by Gasteiger charge is 2.29. The lowest BCUT2D eigenvalue weighted by molar-refractivity contribution is 0.0527. The summed E-state index contributed by atoms with van der Waals surface area (Å²) in [6.45, 7) is 3.67. The number of aromatic hydroxyl groups is 1. The van der Waals surface area contributed by atoms with E-state index in [9.17, 15) is 19.5 Å². The van der Waals surface area contributed by atoms with E-state index in [2.05, 4.69) is 15.8 Å². The van der Waals surface area contributed by atoms with Crippen molar-refractivity contribution in [3.8, 4) is 5.75 Å². The van der Waals surface area contributed by atoms with Gasteiger partial charge in [0, 0.05) is 17.5 Å². The first-order valence-corrected chi connectivity index (χ1v) is 11.3. The SMILES string of the molecule is CCOC(=O)c1ccccc1NC(=O)c1oc2c(c1C)/C(=N/NC(=O)c1ccccc1O)CCC2. The maximum Gasteiger partial charge on any atom is 0.340 e. The number of amides is 2. The van der Waals surface area contributed by atoms with Gasteiger partial charge in [0.15, 0.2) is 5.76 Å². The molecule has 4 rings (SSSR count). The number of para-hydroxylation sites is 2. The van der Waals surface area contributed by atoms with E-state index in [1.54, 1.807) is 50.2 Å². The van der Waals surface area contributed by atoms with E-state index < -0.39 is 17.8 Å². The van der Waals surface area contributed by atoms with Gasteiger partial charge in [-0.15, -0.1) is 0 Å². The van der Waals surface area contributed by atoms with Crippen molar-refractivity contribution in [3.63, 3.8) is 0 Å². The summed E-state index contributed by atoms with van der Waals surface area (Å²) in [5.74, 6) is -1.02. The van der Waals surface area contributed by atoms with E-state index in [1.807, 2.05) is 0 Å². The molecule has 0 atom stereocenters. The van der Waals surface area contributed by atoms with E-state index >= 15 is 0 Å². The second-order valence-corrected chi connectivity index (χ2v) is 7.94. The fourth-order valence-electron chi connectivity index (χ4n) is 4.00. The lowest BCUT2D eigenvalue weighted by Gasteiger charge is -2.13. The fraction of sp³-hybridized carbons (Fsp3) is 0.231. The molecule has 0 unspecified atom stereocenters. The van der Waals surface area contributed by atoms with Gasteiger partial charge in [-0.25, -0.2) is 10.2 Å². The number of carbonyl (C=O) groups is 3. The number of fused-ring (bicyclic) bond motifs is 1. The first-order valence-electron chi connectivity index (χ1n) is 11.3. The summed E-state index contributed by atoms with van der Waals surface area (Å²) in [5.41, 5.74) is 5.00. The Hall–Kier alpha value is -4.40. The molecule has 1 aliphatic rings. The van der Waals surface area contributed by atoms with Crippen molar-refractivity contribution in [1.82, 2.24) is 5.43 Å². The van der Waals surface area contributed by atoms with E-state index in [0.29, 0.717) is 41.1 Å². The number of carbonyl (C=O) groups excluding carboxylic acids is 3. The van der Waals surface area contributed by atoms with Gasteiger partial charge in [0.05, 0.1) is 29.1 Å². The van der Waals surface area contributed by atoms with Gasteiger partial charge in [0.25, 0.3) is 11.8 Å². The van der Waals surface area contributed by atoms with Gasteiger partial charge in [-0.3, -0.25) is 9.59 Å².